The minimum atomic E-state index is -3.55. The molecule has 2 atom stereocenters. The van der Waals surface area contributed by atoms with E-state index in [2.05, 4.69) is 15.4 Å². The zero-order valence-electron chi connectivity index (χ0n) is 12.9. The van der Waals surface area contributed by atoms with Crippen molar-refractivity contribution in [2.75, 3.05) is 17.5 Å². The molecule has 23 heavy (non-hydrogen) atoms. The molecule has 0 bridgehead atoms. The summed E-state index contributed by atoms with van der Waals surface area (Å²) in [4.78, 5) is 12.4. The number of carbonyl (C=O) groups is 1. The standard InChI is InChI=1S/C14H20FN3O3S.ClH/c1-9-12(4-3-7-16-9)17-14(19)11-8-10(15)5-6-13(11)18-22(2,20)21;/h5-6,8-9,12,16,18H,3-4,7H2,1-2H3,(H,17,19);1H. The summed E-state index contributed by atoms with van der Waals surface area (Å²) in [6.45, 7) is 2.86. The monoisotopic (exact) mass is 365 g/mol. The summed E-state index contributed by atoms with van der Waals surface area (Å²) < 4.78 is 38.4. The van der Waals surface area contributed by atoms with Crippen molar-refractivity contribution in [2.45, 2.75) is 31.8 Å². The highest BCUT2D eigenvalue weighted by molar-refractivity contribution is 7.92. The topological polar surface area (TPSA) is 87.3 Å². The molecule has 3 N–H and O–H groups in total. The average Bonchev–Trinajstić information content (AvgIpc) is 2.42. The van der Waals surface area contributed by atoms with Crippen LogP contribution in [-0.4, -0.2) is 39.2 Å². The van der Waals surface area contributed by atoms with Crippen molar-refractivity contribution in [1.82, 2.24) is 10.6 Å². The Morgan fingerprint density at radius 3 is 2.70 bits per heavy atom. The molecule has 0 aliphatic carbocycles. The van der Waals surface area contributed by atoms with Crippen molar-refractivity contribution in [3.05, 3.63) is 29.6 Å². The minimum Gasteiger partial charge on any atom is -0.348 e. The van der Waals surface area contributed by atoms with Gasteiger partial charge in [-0.3, -0.25) is 9.52 Å². The van der Waals surface area contributed by atoms with E-state index in [0.717, 1.165) is 37.8 Å². The fourth-order valence-electron chi connectivity index (χ4n) is 2.48. The van der Waals surface area contributed by atoms with Crippen LogP contribution in [0.25, 0.3) is 0 Å². The van der Waals surface area contributed by atoms with Crippen LogP contribution < -0.4 is 15.4 Å². The second-order valence-electron chi connectivity index (χ2n) is 5.53. The molecule has 6 nitrogen and oxygen atoms in total. The molecule has 130 valence electrons. The molecule has 1 fully saturated rings. The predicted octanol–water partition coefficient (Wildman–Crippen LogP) is 1.49. The van der Waals surface area contributed by atoms with Gasteiger partial charge in [0.2, 0.25) is 10.0 Å². The minimum absolute atomic E-state index is 0. The molecule has 1 amide bonds. The highest BCUT2D eigenvalue weighted by atomic mass is 35.5. The number of halogens is 2. The number of amides is 1. The Hall–Kier alpha value is -1.38. The largest absolute Gasteiger partial charge is 0.348 e. The Balaban J connectivity index is 0.00000264. The Morgan fingerprint density at radius 1 is 1.39 bits per heavy atom. The smallest absolute Gasteiger partial charge is 0.253 e. The molecule has 0 spiro atoms. The number of rotatable bonds is 4. The van der Waals surface area contributed by atoms with E-state index in [1.165, 1.54) is 6.07 Å². The first-order valence-electron chi connectivity index (χ1n) is 7.08. The Kier molecular flexibility index (Phi) is 6.79. The SMILES string of the molecule is CC1NCCCC1NC(=O)c1cc(F)ccc1NS(C)(=O)=O.Cl. The molecule has 0 radical (unpaired) electrons. The van der Waals surface area contributed by atoms with Crippen molar-refractivity contribution in [3.63, 3.8) is 0 Å². The van der Waals surface area contributed by atoms with E-state index in [9.17, 15) is 17.6 Å². The summed E-state index contributed by atoms with van der Waals surface area (Å²) in [5, 5.41) is 6.09. The predicted molar refractivity (Wildman–Crippen MR) is 90.1 cm³/mol. The number of sulfonamides is 1. The summed E-state index contributed by atoms with van der Waals surface area (Å²) in [7, 11) is -3.55. The van der Waals surface area contributed by atoms with Crippen molar-refractivity contribution >= 4 is 34.0 Å². The van der Waals surface area contributed by atoms with Gasteiger partial charge >= 0.3 is 0 Å². The molecule has 1 heterocycles. The molecule has 1 aromatic rings. The Bertz CT molecular complexity index is 669. The fourth-order valence-corrected chi connectivity index (χ4v) is 3.06. The van der Waals surface area contributed by atoms with Gasteiger partial charge in [0.25, 0.3) is 5.91 Å². The molecule has 2 unspecified atom stereocenters. The number of nitrogens with one attached hydrogen (secondary N) is 3. The van der Waals surface area contributed by atoms with Crippen molar-refractivity contribution in [2.24, 2.45) is 0 Å². The van der Waals surface area contributed by atoms with E-state index >= 15 is 0 Å². The lowest BCUT2D eigenvalue weighted by molar-refractivity contribution is 0.0920. The van der Waals surface area contributed by atoms with Gasteiger partial charge in [-0.15, -0.1) is 12.4 Å². The summed E-state index contributed by atoms with van der Waals surface area (Å²) in [5.74, 6) is -1.09. The Labute approximate surface area is 141 Å². The van der Waals surface area contributed by atoms with Crippen LogP contribution in [0.15, 0.2) is 18.2 Å². The number of anilines is 1. The van der Waals surface area contributed by atoms with Crippen LogP contribution in [0, 0.1) is 5.82 Å². The molecule has 9 heteroatoms. The fraction of sp³-hybridized carbons (Fsp3) is 0.500. The lowest BCUT2D eigenvalue weighted by Crippen LogP contribution is -2.52. The summed E-state index contributed by atoms with van der Waals surface area (Å²) in [6, 6.07) is 3.42. The normalized spacial score (nSPS) is 21.2. The molecule has 1 saturated heterocycles. The van der Waals surface area contributed by atoms with Crippen LogP contribution in [-0.2, 0) is 10.0 Å². The molecule has 1 aliphatic heterocycles. The highest BCUT2D eigenvalue weighted by Gasteiger charge is 2.24. The van der Waals surface area contributed by atoms with Crippen LogP contribution in [0.2, 0.25) is 0 Å². The number of hydrogen-bond acceptors (Lipinski definition) is 4. The van der Waals surface area contributed by atoms with Gasteiger partial charge in [0.15, 0.2) is 0 Å². The van der Waals surface area contributed by atoms with Crippen LogP contribution >= 0.6 is 12.4 Å². The summed E-state index contributed by atoms with van der Waals surface area (Å²) >= 11 is 0. The third-order valence-corrected chi connectivity index (χ3v) is 4.19. The van der Waals surface area contributed by atoms with E-state index in [1.807, 2.05) is 6.92 Å². The van der Waals surface area contributed by atoms with Crippen LogP contribution in [0.4, 0.5) is 10.1 Å². The first-order chi connectivity index (χ1) is 10.3. The summed E-state index contributed by atoms with van der Waals surface area (Å²) in [6.07, 6.45) is 2.74. The van der Waals surface area contributed by atoms with Crippen LogP contribution in [0.1, 0.15) is 30.1 Å². The zero-order valence-corrected chi connectivity index (χ0v) is 14.6. The van der Waals surface area contributed by atoms with Crippen LogP contribution in [0.3, 0.4) is 0 Å². The average molecular weight is 366 g/mol. The second-order valence-corrected chi connectivity index (χ2v) is 7.28. The first-order valence-corrected chi connectivity index (χ1v) is 8.97. The van der Waals surface area contributed by atoms with Gasteiger partial charge in [0, 0.05) is 12.1 Å². The van der Waals surface area contributed by atoms with Gasteiger partial charge in [0.1, 0.15) is 5.82 Å². The third-order valence-electron chi connectivity index (χ3n) is 3.60. The molecular formula is C14H21ClFN3O3S. The Morgan fingerprint density at radius 2 is 2.09 bits per heavy atom. The number of hydrogen-bond donors (Lipinski definition) is 3. The van der Waals surface area contributed by atoms with Crippen molar-refractivity contribution in [3.8, 4) is 0 Å². The lowest BCUT2D eigenvalue weighted by atomic mass is 9.99. The molecule has 1 aliphatic rings. The second kappa shape index (κ2) is 7.94. The molecule has 1 aromatic carbocycles. The van der Waals surface area contributed by atoms with Gasteiger partial charge < -0.3 is 10.6 Å². The number of carbonyl (C=O) groups excluding carboxylic acids is 1. The maximum atomic E-state index is 13.4. The van der Waals surface area contributed by atoms with Gasteiger partial charge in [-0.2, -0.15) is 0 Å². The van der Waals surface area contributed by atoms with Gasteiger partial charge in [0.05, 0.1) is 17.5 Å². The first kappa shape index (κ1) is 19.7. The van der Waals surface area contributed by atoms with Gasteiger partial charge in [-0.05, 0) is 44.5 Å². The molecular weight excluding hydrogens is 345 g/mol. The maximum Gasteiger partial charge on any atom is 0.253 e. The van der Waals surface area contributed by atoms with E-state index in [4.69, 9.17) is 0 Å². The highest BCUT2D eigenvalue weighted by Crippen LogP contribution is 2.19. The molecule has 0 saturated carbocycles. The van der Waals surface area contributed by atoms with Crippen molar-refractivity contribution in [1.29, 1.82) is 0 Å². The quantitative estimate of drug-likeness (QED) is 0.754. The molecule has 0 aromatic heterocycles. The number of benzene rings is 1. The van der Waals surface area contributed by atoms with E-state index in [-0.39, 0.29) is 35.7 Å². The zero-order chi connectivity index (χ0) is 16.3. The van der Waals surface area contributed by atoms with Crippen molar-refractivity contribution < 1.29 is 17.6 Å². The maximum absolute atomic E-state index is 13.4. The van der Waals surface area contributed by atoms with Gasteiger partial charge in [-0.1, -0.05) is 0 Å². The van der Waals surface area contributed by atoms with Crippen LogP contribution in [0.5, 0.6) is 0 Å². The van der Waals surface area contributed by atoms with E-state index in [0.29, 0.717) is 0 Å². The van der Waals surface area contributed by atoms with E-state index < -0.39 is 21.7 Å². The third kappa shape index (κ3) is 5.63. The number of piperidine rings is 1. The molecule has 2 rings (SSSR count). The summed E-state index contributed by atoms with van der Waals surface area (Å²) in [5.41, 5.74) is 0.0426. The lowest BCUT2D eigenvalue weighted by Gasteiger charge is -2.30. The van der Waals surface area contributed by atoms with Gasteiger partial charge in [-0.25, -0.2) is 12.8 Å². The van der Waals surface area contributed by atoms with E-state index in [1.54, 1.807) is 0 Å².